The van der Waals surface area contributed by atoms with Crippen LogP contribution >= 0.6 is 0 Å². The van der Waals surface area contributed by atoms with Gasteiger partial charge in [0.05, 0.1) is 0 Å². The molecule has 0 aliphatic rings. The van der Waals surface area contributed by atoms with Crippen molar-refractivity contribution in [2.45, 2.75) is 27.2 Å². The minimum Gasteiger partial charge on any atom is -0.375 e. The van der Waals surface area contributed by atoms with Gasteiger partial charge in [0.25, 0.3) is 0 Å². The molecule has 0 saturated carbocycles. The highest BCUT2D eigenvalue weighted by atomic mass is 15.1. The second-order valence-corrected chi connectivity index (χ2v) is 2.51. The molecule has 1 heteroatoms. The molecule has 1 nitrogen and oxygen atoms in total. The van der Waals surface area contributed by atoms with E-state index < -0.39 is 0 Å². The Balaban J connectivity index is 0. The smallest absolute Gasteiger partial charge is 0.0290 e. The minimum absolute atomic E-state index is 1.03. The summed E-state index contributed by atoms with van der Waals surface area (Å²) in [4.78, 5) is 2.12. The van der Waals surface area contributed by atoms with Crippen LogP contribution in [-0.4, -0.2) is 18.5 Å². The maximum absolute atomic E-state index is 3.90. The monoisotopic (exact) mass is 181 g/mol. The van der Waals surface area contributed by atoms with Crippen molar-refractivity contribution in [1.29, 1.82) is 0 Å². The molecule has 0 aromatic heterocycles. The first kappa shape index (κ1) is 14.5. The summed E-state index contributed by atoms with van der Waals surface area (Å²) in [6, 6.07) is 0. The van der Waals surface area contributed by atoms with Crippen molar-refractivity contribution in [3.8, 4) is 0 Å². The van der Waals surface area contributed by atoms with E-state index in [1.54, 1.807) is 6.08 Å². The Morgan fingerprint density at radius 3 is 2.31 bits per heavy atom. The maximum Gasteiger partial charge on any atom is 0.0290 e. The highest BCUT2D eigenvalue weighted by Gasteiger charge is 1.93. The van der Waals surface area contributed by atoms with E-state index in [2.05, 4.69) is 25.0 Å². The molecule has 0 atom stereocenters. The van der Waals surface area contributed by atoms with E-state index in [1.165, 1.54) is 0 Å². The van der Waals surface area contributed by atoms with Gasteiger partial charge in [-0.1, -0.05) is 46.1 Å². The molecule has 0 radical (unpaired) electrons. The molecule has 0 aliphatic carbocycles. The van der Waals surface area contributed by atoms with Crippen molar-refractivity contribution in [1.82, 2.24) is 4.90 Å². The largest absolute Gasteiger partial charge is 0.375 e. The van der Waals surface area contributed by atoms with E-state index in [1.807, 2.05) is 33.0 Å². The quantitative estimate of drug-likeness (QED) is 0.586. The summed E-state index contributed by atoms with van der Waals surface area (Å²) in [5.41, 5.74) is 1.03. The number of allylic oxidation sites excluding steroid dienone is 3. The predicted molar refractivity (Wildman–Crippen MR) is 62.7 cm³/mol. The van der Waals surface area contributed by atoms with Gasteiger partial charge < -0.3 is 4.90 Å². The first-order chi connectivity index (χ1) is 6.22. The van der Waals surface area contributed by atoms with Gasteiger partial charge in [-0.2, -0.15) is 0 Å². The van der Waals surface area contributed by atoms with Gasteiger partial charge in [0.1, 0.15) is 0 Å². The topological polar surface area (TPSA) is 3.24 Å². The van der Waals surface area contributed by atoms with Gasteiger partial charge in [-0.15, -0.1) is 0 Å². The van der Waals surface area contributed by atoms with Crippen molar-refractivity contribution in [3.63, 3.8) is 0 Å². The van der Waals surface area contributed by atoms with Crippen molar-refractivity contribution in [2.24, 2.45) is 0 Å². The molecule has 0 aromatic rings. The van der Waals surface area contributed by atoms with Crippen molar-refractivity contribution >= 4 is 0 Å². The molecule has 0 aromatic carbocycles. The summed E-state index contributed by atoms with van der Waals surface area (Å²) >= 11 is 0. The number of nitrogens with zero attached hydrogens (tertiary/aromatic N) is 1. The van der Waals surface area contributed by atoms with Crippen LogP contribution in [0, 0.1) is 0 Å². The first-order valence-electron chi connectivity index (χ1n) is 4.91. The fourth-order valence-electron chi connectivity index (χ4n) is 0.785. The molecule has 13 heavy (non-hydrogen) atoms. The van der Waals surface area contributed by atoms with Gasteiger partial charge in [-0.25, -0.2) is 0 Å². The molecule has 0 heterocycles. The normalized spacial score (nSPS) is 8.92. The van der Waals surface area contributed by atoms with E-state index >= 15 is 0 Å². The van der Waals surface area contributed by atoms with Gasteiger partial charge in [-0.05, 0) is 12.5 Å². The second kappa shape index (κ2) is 11.0. The minimum atomic E-state index is 1.03. The average Bonchev–Trinajstić information content (AvgIpc) is 2.17. The Hall–Kier alpha value is -0.980. The standard InChI is InChI=1S/C10H17N.C2H6/c1-5-7-8-10(3)11(4)9-6-2;1-2/h5,7-8H,1,3,6,9H2,2,4H3;1-2H3/b8-7-;. The zero-order chi connectivity index (χ0) is 10.7. The lowest BCUT2D eigenvalue weighted by molar-refractivity contribution is 0.431. The SMILES string of the molecule is C=C/C=C\C(=C)N(C)CCC.CC. The molecule has 0 bridgehead atoms. The molecule has 0 N–H and O–H groups in total. The van der Waals surface area contributed by atoms with Gasteiger partial charge in [0.15, 0.2) is 0 Å². The van der Waals surface area contributed by atoms with Crippen molar-refractivity contribution < 1.29 is 0 Å². The first-order valence-corrected chi connectivity index (χ1v) is 4.91. The molecule has 0 aliphatic heterocycles. The second-order valence-electron chi connectivity index (χ2n) is 2.51. The molecule has 0 fully saturated rings. The van der Waals surface area contributed by atoms with Crippen LogP contribution in [0.3, 0.4) is 0 Å². The highest BCUT2D eigenvalue weighted by Crippen LogP contribution is 2.00. The van der Waals surface area contributed by atoms with Crippen molar-refractivity contribution in [2.75, 3.05) is 13.6 Å². The Morgan fingerprint density at radius 1 is 1.38 bits per heavy atom. The summed E-state index contributed by atoms with van der Waals surface area (Å²) in [5, 5.41) is 0. The van der Waals surface area contributed by atoms with Crippen LogP contribution in [0.5, 0.6) is 0 Å². The molecular formula is C12H23N. The molecule has 0 spiro atoms. The Kier molecular flexibility index (Phi) is 12.3. The Morgan fingerprint density at radius 2 is 1.92 bits per heavy atom. The van der Waals surface area contributed by atoms with E-state index in [0.717, 1.165) is 18.7 Å². The maximum atomic E-state index is 3.90. The van der Waals surface area contributed by atoms with E-state index in [9.17, 15) is 0 Å². The van der Waals surface area contributed by atoms with Crippen LogP contribution in [0.25, 0.3) is 0 Å². The van der Waals surface area contributed by atoms with Crippen LogP contribution in [0.1, 0.15) is 27.2 Å². The molecule has 0 rings (SSSR count). The number of hydrogen-bond acceptors (Lipinski definition) is 1. The molecule has 0 amide bonds. The Labute approximate surface area is 83.5 Å². The molecule has 76 valence electrons. The molecule has 0 saturated heterocycles. The van der Waals surface area contributed by atoms with Crippen LogP contribution in [-0.2, 0) is 0 Å². The predicted octanol–water partition coefficient (Wildman–Crippen LogP) is 3.61. The van der Waals surface area contributed by atoms with Crippen molar-refractivity contribution in [3.05, 3.63) is 37.1 Å². The third kappa shape index (κ3) is 8.93. The highest BCUT2D eigenvalue weighted by molar-refractivity contribution is 5.16. The summed E-state index contributed by atoms with van der Waals surface area (Å²) in [5.74, 6) is 0. The molecule has 0 unspecified atom stereocenters. The van der Waals surface area contributed by atoms with Crippen LogP contribution in [0.4, 0.5) is 0 Å². The van der Waals surface area contributed by atoms with E-state index in [0.29, 0.717) is 0 Å². The summed E-state index contributed by atoms with van der Waals surface area (Å²) < 4.78 is 0. The van der Waals surface area contributed by atoms with Crippen LogP contribution < -0.4 is 0 Å². The average molecular weight is 181 g/mol. The van der Waals surface area contributed by atoms with Crippen LogP contribution in [0.2, 0.25) is 0 Å². The van der Waals surface area contributed by atoms with Crippen LogP contribution in [0.15, 0.2) is 37.1 Å². The van der Waals surface area contributed by atoms with Gasteiger partial charge in [-0.3, -0.25) is 0 Å². The third-order valence-electron chi connectivity index (χ3n) is 1.47. The number of likely N-dealkylation sites (N-methyl/N-ethyl adjacent to an activating group) is 1. The third-order valence-corrected chi connectivity index (χ3v) is 1.47. The fourth-order valence-corrected chi connectivity index (χ4v) is 0.785. The van der Waals surface area contributed by atoms with Gasteiger partial charge in [0.2, 0.25) is 0 Å². The lowest BCUT2D eigenvalue weighted by Gasteiger charge is -2.17. The zero-order valence-corrected chi connectivity index (χ0v) is 9.51. The zero-order valence-electron chi connectivity index (χ0n) is 9.51. The van der Waals surface area contributed by atoms with E-state index in [-0.39, 0.29) is 0 Å². The van der Waals surface area contributed by atoms with E-state index in [4.69, 9.17) is 0 Å². The summed E-state index contributed by atoms with van der Waals surface area (Å²) in [6.45, 7) is 14.7. The summed E-state index contributed by atoms with van der Waals surface area (Å²) in [6.07, 6.45) is 6.76. The lowest BCUT2D eigenvalue weighted by Crippen LogP contribution is -2.16. The molecular weight excluding hydrogens is 158 g/mol. The Bertz CT molecular complexity index is 157. The summed E-state index contributed by atoms with van der Waals surface area (Å²) in [7, 11) is 2.04. The van der Waals surface area contributed by atoms with Gasteiger partial charge >= 0.3 is 0 Å². The fraction of sp³-hybridized carbons (Fsp3) is 0.500. The van der Waals surface area contributed by atoms with Gasteiger partial charge in [0, 0.05) is 19.3 Å². The number of rotatable bonds is 5. The lowest BCUT2D eigenvalue weighted by atomic mass is 10.3. The number of hydrogen-bond donors (Lipinski definition) is 0.